The van der Waals surface area contributed by atoms with Gasteiger partial charge in [-0.15, -0.1) is 0 Å². The van der Waals surface area contributed by atoms with Gasteiger partial charge in [0.15, 0.2) is 0 Å². The molecule has 5 nitrogen and oxygen atoms in total. The van der Waals surface area contributed by atoms with E-state index in [2.05, 4.69) is 12.0 Å². The third-order valence-electron chi connectivity index (χ3n) is 4.36. The number of hydrogen-bond donors (Lipinski definition) is 0. The standard InChI is InChI=1S/C17H21N3O2/c1-12-6-5-9-20(11-12)16(21)10-15-13-7-3-4-8-14(13)17(22)19(2)18-15/h3-4,7-8,12H,5-6,9-11H2,1-2H3. The Morgan fingerprint density at radius 2 is 2.05 bits per heavy atom. The van der Waals surface area contributed by atoms with Crippen LogP contribution in [0.15, 0.2) is 29.1 Å². The fourth-order valence-electron chi connectivity index (χ4n) is 3.18. The van der Waals surface area contributed by atoms with Crippen molar-refractivity contribution in [2.24, 2.45) is 13.0 Å². The minimum atomic E-state index is -0.126. The average Bonchev–Trinajstić information content (AvgIpc) is 2.52. The maximum atomic E-state index is 12.6. The van der Waals surface area contributed by atoms with Crippen molar-refractivity contribution < 1.29 is 4.79 Å². The Morgan fingerprint density at radius 3 is 2.77 bits per heavy atom. The van der Waals surface area contributed by atoms with Gasteiger partial charge in [0.25, 0.3) is 5.56 Å². The summed E-state index contributed by atoms with van der Waals surface area (Å²) in [7, 11) is 1.63. The number of benzene rings is 1. The second-order valence-corrected chi connectivity index (χ2v) is 6.18. The molecule has 1 aromatic carbocycles. The summed E-state index contributed by atoms with van der Waals surface area (Å²) in [4.78, 5) is 26.6. The number of nitrogens with zero attached hydrogens (tertiary/aromatic N) is 3. The summed E-state index contributed by atoms with van der Waals surface area (Å²) in [5, 5.41) is 5.71. The van der Waals surface area contributed by atoms with E-state index in [1.165, 1.54) is 11.1 Å². The number of aryl methyl sites for hydroxylation is 1. The van der Waals surface area contributed by atoms with Crippen LogP contribution >= 0.6 is 0 Å². The molecule has 2 aromatic rings. The van der Waals surface area contributed by atoms with E-state index in [-0.39, 0.29) is 17.9 Å². The van der Waals surface area contributed by atoms with Crippen molar-refractivity contribution in [1.82, 2.24) is 14.7 Å². The molecule has 3 rings (SSSR count). The van der Waals surface area contributed by atoms with Crippen molar-refractivity contribution in [3.05, 3.63) is 40.3 Å². The number of piperidine rings is 1. The van der Waals surface area contributed by atoms with Crippen LogP contribution in [0.25, 0.3) is 10.8 Å². The van der Waals surface area contributed by atoms with E-state index in [4.69, 9.17) is 0 Å². The second kappa shape index (κ2) is 5.91. The minimum absolute atomic E-state index is 0.0999. The largest absolute Gasteiger partial charge is 0.342 e. The molecule has 2 heterocycles. The molecule has 0 radical (unpaired) electrons. The number of hydrogen-bond acceptors (Lipinski definition) is 3. The summed E-state index contributed by atoms with van der Waals surface area (Å²) in [6.45, 7) is 3.83. The van der Waals surface area contributed by atoms with Crippen LogP contribution in [-0.2, 0) is 18.3 Å². The van der Waals surface area contributed by atoms with Gasteiger partial charge in [0, 0.05) is 25.5 Å². The van der Waals surface area contributed by atoms with Gasteiger partial charge >= 0.3 is 0 Å². The Hall–Kier alpha value is -2.17. The molecule has 1 amide bonds. The van der Waals surface area contributed by atoms with E-state index in [1.54, 1.807) is 13.1 Å². The van der Waals surface area contributed by atoms with E-state index < -0.39 is 0 Å². The van der Waals surface area contributed by atoms with Gasteiger partial charge in [-0.3, -0.25) is 9.59 Å². The third-order valence-corrected chi connectivity index (χ3v) is 4.36. The molecule has 0 N–H and O–H groups in total. The molecule has 22 heavy (non-hydrogen) atoms. The first-order valence-corrected chi connectivity index (χ1v) is 7.79. The highest BCUT2D eigenvalue weighted by molar-refractivity contribution is 5.88. The Labute approximate surface area is 129 Å². The average molecular weight is 299 g/mol. The van der Waals surface area contributed by atoms with Crippen molar-refractivity contribution in [1.29, 1.82) is 0 Å². The number of rotatable bonds is 2. The predicted molar refractivity (Wildman–Crippen MR) is 85.7 cm³/mol. The Balaban J connectivity index is 1.92. The van der Waals surface area contributed by atoms with E-state index in [0.29, 0.717) is 17.0 Å². The van der Waals surface area contributed by atoms with Gasteiger partial charge in [0.1, 0.15) is 0 Å². The van der Waals surface area contributed by atoms with Crippen LogP contribution in [0, 0.1) is 5.92 Å². The zero-order valence-electron chi connectivity index (χ0n) is 13.1. The van der Waals surface area contributed by atoms with Crippen molar-refractivity contribution >= 4 is 16.7 Å². The molecule has 1 saturated heterocycles. The summed E-state index contributed by atoms with van der Waals surface area (Å²) < 4.78 is 1.32. The maximum absolute atomic E-state index is 12.6. The molecule has 1 aromatic heterocycles. The van der Waals surface area contributed by atoms with Gasteiger partial charge in [-0.05, 0) is 24.8 Å². The van der Waals surface area contributed by atoms with E-state index >= 15 is 0 Å². The number of carbonyl (C=O) groups excluding carboxylic acids is 1. The lowest BCUT2D eigenvalue weighted by molar-refractivity contribution is -0.132. The van der Waals surface area contributed by atoms with E-state index in [0.717, 1.165) is 24.9 Å². The first kappa shape index (κ1) is 14.8. The summed E-state index contributed by atoms with van der Waals surface area (Å²) in [5.41, 5.74) is 0.555. The highest BCUT2D eigenvalue weighted by Gasteiger charge is 2.22. The lowest BCUT2D eigenvalue weighted by atomic mass is 9.99. The number of likely N-dealkylation sites (tertiary alicyclic amines) is 1. The van der Waals surface area contributed by atoms with E-state index in [1.807, 2.05) is 23.1 Å². The Kier molecular flexibility index (Phi) is 3.96. The van der Waals surface area contributed by atoms with Crippen molar-refractivity contribution in [2.75, 3.05) is 13.1 Å². The maximum Gasteiger partial charge on any atom is 0.274 e. The van der Waals surface area contributed by atoms with Crippen LogP contribution in [0.3, 0.4) is 0 Å². The highest BCUT2D eigenvalue weighted by Crippen LogP contribution is 2.18. The topological polar surface area (TPSA) is 55.2 Å². The third kappa shape index (κ3) is 2.75. The number of fused-ring (bicyclic) bond motifs is 1. The first-order valence-electron chi connectivity index (χ1n) is 7.79. The molecule has 0 spiro atoms. The smallest absolute Gasteiger partial charge is 0.274 e. The molecule has 0 saturated carbocycles. The lowest BCUT2D eigenvalue weighted by Crippen LogP contribution is -2.40. The zero-order valence-corrected chi connectivity index (χ0v) is 13.1. The molecule has 1 fully saturated rings. The van der Waals surface area contributed by atoms with Crippen LogP contribution < -0.4 is 5.56 Å². The SMILES string of the molecule is CC1CCCN(C(=O)Cc2nn(C)c(=O)c3ccccc23)C1. The zero-order chi connectivity index (χ0) is 15.7. The van der Waals surface area contributed by atoms with Gasteiger partial charge in [0.2, 0.25) is 5.91 Å². The van der Waals surface area contributed by atoms with Crippen LogP contribution in [0.2, 0.25) is 0 Å². The molecule has 0 aliphatic carbocycles. The first-order chi connectivity index (χ1) is 10.6. The number of amides is 1. The van der Waals surface area contributed by atoms with Crippen molar-refractivity contribution in [2.45, 2.75) is 26.2 Å². The highest BCUT2D eigenvalue weighted by atomic mass is 16.2. The lowest BCUT2D eigenvalue weighted by Gasteiger charge is -2.31. The summed E-state index contributed by atoms with van der Waals surface area (Å²) >= 11 is 0. The molecule has 1 aliphatic rings. The molecular formula is C17H21N3O2. The van der Waals surface area contributed by atoms with Gasteiger partial charge in [0.05, 0.1) is 17.5 Å². The van der Waals surface area contributed by atoms with Crippen LogP contribution in [-0.4, -0.2) is 33.7 Å². The van der Waals surface area contributed by atoms with Gasteiger partial charge < -0.3 is 4.90 Å². The second-order valence-electron chi connectivity index (χ2n) is 6.18. The van der Waals surface area contributed by atoms with Crippen LogP contribution in [0.5, 0.6) is 0 Å². The number of carbonyl (C=O) groups is 1. The van der Waals surface area contributed by atoms with Crippen LogP contribution in [0.4, 0.5) is 0 Å². The molecule has 1 aliphatic heterocycles. The fourth-order valence-corrected chi connectivity index (χ4v) is 3.18. The summed E-state index contributed by atoms with van der Waals surface area (Å²) in [6, 6.07) is 7.36. The Bertz CT molecular complexity index is 766. The predicted octanol–water partition coefficient (Wildman–Crippen LogP) is 1.73. The quantitative estimate of drug-likeness (QED) is 0.848. The van der Waals surface area contributed by atoms with Crippen molar-refractivity contribution in [3.8, 4) is 0 Å². The monoisotopic (exact) mass is 299 g/mol. The van der Waals surface area contributed by atoms with Gasteiger partial charge in [-0.1, -0.05) is 25.1 Å². The normalized spacial score (nSPS) is 18.6. The molecule has 0 bridgehead atoms. The summed E-state index contributed by atoms with van der Waals surface area (Å²) in [5.74, 6) is 0.658. The number of aromatic nitrogens is 2. The fraction of sp³-hybridized carbons (Fsp3) is 0.471. The van der Waals surface area contributed by atoms with Crippen molar-refractivity contribution in [3.63, 3.8) is 0 Å². The minimum Gasteiger partial charge on any atom is -0.342 e. The van der Waals surface area contributed by atoms with Gasteiger partial charge in [-0.25, -0.2) is 4.68 Å². The van der Waals surface area contributed by atoms with E-state index in [9.17, 15) is 9.59 Å². The van der Waals surface area contributed by atoms with Gasteiger partial charge in [-0.2, -0.15) is 5.10 Å². The molecular weight excluding hydrogens is 278 g/mol. The Morgan fingerprint density at radius 1 is 1.32 bits per heavy atom. The summed E-state index contributed by atoms with van der Waals surface area (Å²) in [6.07, 6.45) is 2.50. The molecule has 1 atom stereocenters. The van der Waals surface area contributed by atoms with Crippen LogP contribution in [0.1, 0.15) is 25.5 Å². The molecule has 116 valence electrons. The molecule has 1 unspecified atom stereocenters. The molecule has 5 heteroatoms.